The van der Waals surface area contributed by atoms with E-state index in [1.807, 2.05) is 26.0 Å². The molecule has 1 N–H and O–H groups in total. The Morgan fingerprint density at radius 2 is 1.96 bits per heavy atom. The fraction of sp³-hybridized carbons (Fsp3) is 0.353. The van der Waals surface area contributed by atoms with Crippen molar-refractivity contribution in [2.24, 2.45) is 0 Å². The third-order valence-corrected chi connectivity index (χ3v) is 4.98. The third kappa shape index (κ3) is 3.57. The van der Waals surface area contributed by atoms with Crippen LogP contribution in [-0.2, 0) is 16.1 Å². The maximum Gasteiger partial charge on any atom is 0.350 e. The molecular weight excluding hydrogens is 354 g/mol. The summed E-state index contributed by atoms with van der Waals surface area (Å²) in [6, 6.07) is 3.91. The first-order valence-electron chi connectivity index (χ1n) is 8.14. The van der Waals surface area contributed by atoms with Crippen LogP contribution in [0.4, 0.5) is 5.13 Å². The summed E-state index contributed by atoms with van der Waals surface area (Å²) < 4.78 is 6.52. The highest BCUT2D eigenvalue weighted by Crippen LogP contribution is 2.23. The van der Waals surface area contributed by atoms with Gasteiger partial charge >= 0.3 is 5.97 Å². The number of ether oxygens (including phenoxy) is 1. The molecule has 2 heterocycles. The van der Waals surface area contributed by atoms with Gasteiger partial charge in [0, 0.05) is 0 Å². The van der Waals surface area contributed by atoms with E-state index in [9.17, 15) is 9.59 Å². The van der Waals surface area contributed by atoms with Crippen molar-refractivity contribution in [3.63, 3.8) is 0 Å². The number of nitrogens with zero attached hydrogens (tertiary/aromatic N) is 4. The highest BCUT2D eigenvalue weighted by atomic mass is 32.1. The van der Waals surface area contributed by atoms with Crippen LogP contribution >= 0.6 is 11.3 Å². The lowest BCUT2D eigenvalue weighted by molar-refractivity contribution is -0.116. The smallest absolute Gasteiger partial charge is 0.350 e. The fourth-order valence-corrected chi connectivity index (χ4v) is 3.35. The molecule has 3 rings (SSSR count). The number of rotatable bonds is 5. The van der Waals surface area contributed by atoms with Crippen molar-refractivity contribution in [2.45, 2.75) is 34.2 Å². The lowest BCUT2D eigenvalue weighted by atomic mass is 10.1. The molecule has 1 amide bonds. The number of aryl methyl sites for hydroxylation is 3. The Kier molecular flexibility index (Phi) is 4.99. The van der Waals surface area contributed by atoms with Gasteiger partial charge < -0.3 is 10.1 Å². The molecule has 0 saturated heterocycles. The Morgan fingerprint density at radius 3 is 2.69 bits per heavy atom. The van der Waals surface area contributed by atoms with Gasteiger partial charge in [-0.15, -0.1) is 5.10 Å². The second kappa shape index (κ2) is 7.20. The molecule has 3 aromatic rings. The first-order valence-corrected chi connectivity index (χ1v) is 8.95. The van der Waals surface area contributed by atoms with Gasteiger partial charge in [-0.2, -0.15) is 0 Å². The number of aromatic nitrogens is 4. The second-order valence-corrected chi connectivity index (χ2v) is 6.87. The van der Waals surface area contributed by atoms with E-state index in [1.54, 1.807) is 18.5 Å². The molecule has 136 valence electrons. The van der Waals surface area contributed by atoms with Crippen LogP contribution in [0, 0.1) is 20.8 Å². The molecule has 0 saturated carbocycles. The van der Waals surface area contributed by atoms with E-state index >= 15 is 0 Å². The number of fused-ring (bicyclic) bond motifs is 1. The van der Waals surface area contributed by atoms with Crippen molar-refractivity contribution < 1.29 is 14.3 Å². The maximum atomic E-state index is 12.3. The maximum absolute atomic E-state index is 12.3. The minimum atomic E-state index is -0.434. The molecule has 0 atom stereocenters. The van der Waals surface area contributed by atoms with Gasteiger partial charge in [-0.05, 0) is 51.0 Å². The van der Waals surface area contributed by atoms with Crippen LogP contribution in [0.25, 0.3) is 11.0 Å². The van der Waals surface area contributed by atoms with E-state index in [0.717, 1.165) is 33.5 Å². The summed E-state index contributed by atoms with van der Waals surface area (Å²) in [4.78, 5) is 28.8. The number of carbonyl (C=O) groups is 2. The summed E-state index contributed by atoms with van der Waals surface area (Å²) in [5, 5.41) is 11.2. The Labute approximate surface area is 154 Å². The van der Waals surface area contributed by atoms with Crippen molar-refractivity contribution >= 4 is 39.4 Å². The van der Waals surface area contributed by atoms with E-state index in [1.165, 1.54) is 0 Å². The first-order chi connectivity index (χ1) is 12.4. The lowest BCUT2D eigenvalue weighted by Crippen LogP contribution is -2.19. The quantitative estimate of drug-likeness (QED) is 0.690. The highest BCUT2D eigenvalue weighted by molar-refractivity contribution is 7.17. The number of esters is 1. The molecule has 0 bridgehead atoms. The molecule has 2 aromatic heterocycles. The minimum absolute atomic E-state index is 0.00632. The number of amides is 1. The molecule has 0 spiro atoms. The van der Waals surface area contributed by atoms with Gasteiger partial charge in [-0.3, -0.25) is 4.79 Å². The molecular formula is C17H19N5O3S. The number of hydrogen-bond acceptors (Lipinski definition) is 7. The Balaban J connectivity index is 1.75. The molecule has 0 radical (unpaired) electrons. The lowest BCUT2D eigenvalue weighted by Gasteiger charge is -2.04. The third-order valence-electron chi connectivity index (χ3n) is 3.93. The molecule has 0 aliphatic rings. The Bertz CT molecular complexity index is 992. The van der Waals surface area contributed by atoms with Crippen LogP contribution in [0.1, 0.15) is 33.4 Å². The molecule has 0 unspecified atom stereocenters. The SMILES string of the molecule is CCOC(=O)c1sc(NC(=O)Cn2nnc3cc(C)c(C)cc32)nc1C. The van der Waals surface area contributed by atoms with E-state index in [2.05, 4.69) is 20.6 Å². The zero-order valence-electron chi connectivity index (χ0n) is 15.0. The Hall–Kier alpha value is -2.81. The van der Waals surface area contributed by atoms with Crippen molar-refractivity contribution in [1.29, 1.82) is 0 Å². The van der Waals surface area contributed by atoms with Crippen LogP contribution < -0.4 is 5.32 Å². The molecule has 8 nitrogen and oxygen atoms in total. The predicted octanol–water partition coefficient (Wildman–Crippen LogP) is 2.63. The molecule has 0 fully saturated rings. The van der Waals surface area contributed by atoms with Crippen LogP contribution in [-0.4, -0.2) is 38.5 Å². The summed E-state index contributed by atoms with van der Waals surface area (Å²) in [6.07, 6.45) is 0. The van der Waals surface area contributed by atoms with Crippen LogP contribution in [0.15, 0.2) is 12.1 Å². The van der Waals surface area contributed by atoms with Crippen molar-refractivity contribution in [3.05, 3.63) is 33.8 Å². The largest absolute Gasteiger partial charge is 0.462 e. The molecule has 0 aliphatic carbocycles. The van der Waals surface area contributed by atoms with Gasteiger partial charge in [0.15, 0.2) is 5.13 Å². The van der Waals surface area contributed by atoms with Crippen LogP contribution in [0.5, 0.6) is 0 Å². The van der Waals surface area contributed by atoms with Crippen LogP contribution in [0.3, 0.4) is 0 Å². The second-order valence-electron chi connectivity index (χ2n) is 5.87. The minimum Gasteiger partial charge on any atom is -0.462 e. The van der Waals surface area contributed by atoms with Crippen LogP contribution in [0.2, 0.25) is 0 Å². The number of nitrogens with one attached hydrogen (secondary N) is 1. The van der Waals surface area contributed by atoms with Gasteiger partial charge in [0.2, 0.25) is 5.91 Å². The summed E-state index contributed by atoms with van der Waals surface area (Å²) in [5.41, 5.74) is 4.30. The molecule has 0 aliphatic heterocycles. The zero-order valence-corrected chi connectivity index (χ0v) is 15.8. The van der Waals surface area contributed by atoms with Gasteiger partial charge in [0.1, 0.15) is 16.9 Å². The van der Waals surface area contributed by atoms with Crippen molar-refractivity contribution in [3.8, 4) is 0 Å². The number of anilines is 1. The van der Waals surface area contributed by atoms with Crippen molar-refractivity contribution in [1.82, 2.24) is 20.0 Å². The molecule has 26 heavy (non-hydrogen) atoms. The normalized spacial score (nSPS) is 10.9. The van der Waals surface area contributed by atoms with E-state index in [4.69, 9.17) is 4.74 Å². The zero-order chi connectivity index (χ0) is 18.8. The van der Waals surface area contributed by atoms with Crippen molar-refractivity contribution in [2.75, 3.05) is 11.9 Å². The average Bonchev–Trinajstić information content (AvgIpc) is 3.12. The van der Waals surface area contributed by atoms with Gasteiger partial charge in [-0.25, -0.2) is 14.5 Å². The fourth-order valence-electron chi connectivity index (χ4n) is 2.47. The first kappa shape index (κ1) is 18.0. The topological polar surface area (TPSA) is 99.0 Å². The summed E-state index contributed by atoms with van der Waals surface area (Å²) >= 11 is 1.09. The number of benzene rings is 1. The number of carbonyl (C=O) groups excluding carboxylic acids is 2. The molecule has 9 heteroatoms. The highest BCUT2D eigenvalue weighted by Gasteiger charge is 2.18. The van der Waals surface area contributed by atoms with E-state index in [0.29, 0.717) is 15.7 Å². The summed E-state index contributed by atoms with van der Waals surface area (Å²) in [6.45, 7) is 7.74. The van der Waals surface area contributed by atoms with Gasteiger partial charge in [0.05, 0.1) is 17.8 Å². The van der Waals surface area contributed by atoms with Gasteiger partial charge in [-0.1, -0.05) is 16.6 Å². The molecule has 1 aromatic carbocycles. The number of hydrogen-bond donors (Lipinski definition) is 1. The number of thiazole rings is 1. The average molecular weight is 373 g/mol. The predicted molar refractivity (Wildman–Crippen MR) is 98.4 cm³/mol. The standard InChI is InChI=1S/C17H19N5O3S/c1-5-25-16(24)15-11(4)18-17(26-15)19-14(23)8-22-13-7-10(3)9(2)6-12(13)20-21-22/h6-7H,5,8H2,1-4H3,(H,18,19,23). The van der Waals surface area contributed by atoms with E-state index in [-0.39, 0.29) is 19.1 Å². The van der Waals surface area contributed by atoms with E-state index < -0.39 is 5.97 Å². The summed E-state index contributed by atoms with van der Waals surface area (Å²) in [5.74, 6) is -0.727. The van der Waals surface area contributed by atoms with Gasteiger partial charge in [0.25, 0.3) is 0 Å². The monoisotopic (exact) mass is 373 g/mol. The Morgan fingerprint density at radius 1 is 1.23 bits per heavy atom. The summed E-state index contributed by atoms with van der Waals surface area (Å²) in [7, 11) is 0.